The van der Waals surface area contributed by atoms with Gasteiger partial charge in [0.1, 0.15) is 17.1 Å². The van der Waals surface area contributed by atoms with Gasteiger partial charge in [0.15, 0.2) is 0 Å². The highest BCUT2D eigenvalue weighted by atomic mass is 35.5. The number of amides is 1. The number of hydrogen-bond acceptors (Lipinski definition) is 6. The molecule has 5 aromatic rings. The van der Waals surface area contributed by atoms with Crippen molar-refractivity contribution in [2.45, 2.75) is 6.04 Å². The van der Waals surface area contributed by atoms with E-state index in [9.17, 15) is 9.18 Å². The predicted octanol–water partition coefficient (Wildman–Crippen LogP) is 5.84. The molecule has 0 aliphatic rings. The predicted molar refractivity (Wildman–Crippen MR) is 137 cm³/mol. The third-order valence-corrected chi connectivity index (χ3v) is 5.98. The van der Waals surface area contributed by atoms with E-state index in [4.69, 9.17) is 33.4 Å². The zero-order valence-electron chi connectivity index (χ0n) is 18.6. The number of benzene rings is 2. The van der Waals surface area contributed by atoms with Gasteiger partial charge in [0.2, 0.25) is 5.95 Å². The van der Waals surface area contributed by atoms with Crippen LogP contribution in [0.4, 0.5) is 16.0 Å². The van der Waals surface area contributed by atoms with Crippen molar-refractivity contribution in [1.82, 2.24) is 20.3 Å². The van der Waals surface area contributed by atoms with Gasteiger partial charge in [-0.15, -0.1) is 0 Å². The molecule has 3 heterocycles. The standard InChI is InChI=1S/C25H19Cl2FN6O2/c26-16-5-14(6-17(28)9-16)21(10-29)33-24(35)20-8-15(11-30-20)23-19(27)12-31-25(34-23)32-18-1-2-22-13(7-18)3-4-36-22/h1-9,11-12,21,30H,10,29H2,(H,33,35)(H,31,32,34). The molecule has 11 heteroatoms. The van der Waals surface area contributed by atoms with Gasteiger partial charge in [0, 0.05) is 34.4 Å². The van der Waals surface area contributed by atoms with Crippen molar-refractivity contribution in [1.29, 1.82) is 0 Å². The van der Waals surface area contributed by atoms with Gasteiger partial charge in [0.05, 0.1) is 29.2 Å². The molecule has 182 valence electrons. The summed E-state index contributed by atoms with van der Waals surface area (Å²) in [5.74, 6) is -0.621. The second-order valence-electron chi connectivity index (χ2n) is 7.95. The van der Waals surface area contributed by atoms with Crippen LogP contribution in [0.5, 0.6) is 0 Å². The maximum Gasteiger partial charge on any atom is 0.268 e. The number of halogens is 3. The van der Waals surface area contributed by atoms with Crippen LogP contribution in [0.25, 0.3) is 22.2 Å². The number of H-pyrrole nitrogens is 1. The van der Waals surface area contributed by atoms with Crippen LogP contribution in [-0.4, -0.2) is 27.4 Å². The fourth-order valence-corrected chi connectivity index (χ4v) is 4.19. The first kappa shape index (κ1) is 23.8. The number of nitrogens with two attached hydrogens (primary N) is 1. The molecule has 0 aliphatic carbocycles. The van der Waals surface area contributed by atoms with Crippen molar-refractivity contribution in [3.05, 3.63) is 94.3 Å². The number of hydrogen-bond donors (Lipinski definition) is 4. The van der Waals surface area contributed by atoms with Crippen LogP contribution in [0.3, 0.4) is 0 Å². The Morgan fingerprint density at radius 2 is 2.03 bits per heavy atom. The number of aromatic amines is 1. The zero-order valence-corrected chi connectivity index (χ0v) is 20.1. The van der Waals surface area contributed by atoms with E-state index in [2.05, 4.69) is 25.6 Å². The maximum atomic E-state index is 13.8. The van der Waals surface area contributed by atoms with E-state index in [1.54, 1.807) is 24.6 Å². The molecule has 8 nitrogen and oxygen atoms in total. The Balaban J connectivity index is 1.35. The third kappa shape index (κ3) is 5.03. The molecule has 0 spiro atoms. The molecular formula is C25H19Cl2FN6O2. The molecule has 0 fully saturated rings. The van der Waals surface area contributed by atoms with Gasteiger partial charge >= 0.3 is 0 Å². The maximum absolute atomic E-state index is 13.8. The Hall–Kier alpha value is -3.92. The largest absolute Gasteiger partial charge is 0.464 e. The summed E-state index contributed by atoms with van der Waals surface area (Å²) >= 11 is 12.3. The molecule has 1 unspecified atom stereocenters. The number of aromatic nitrogens is 3. The van der Waals surface area contributed by atoms with Gasteiger partial charge in [-0.3, -0.25) is 4.79 Å². The molecule has 0 saturated heterocycles. The summed E-state index contributed by atoms with van der Waals surface area (Å²) in [5, 5.41) is 7.39. The summed E-state index contributed by atoms with van der Waals surface area (Å²) in [6.07, 6.45) is 4.71. The van der Waals surface area contributed by atoms with E-state index < -0.39 is 17.8 Å². The number of fused-ring (bicyclic) bond motifs is 1. The topological polar surface area (TPSA) is 122 Å². The first-order valence-corrected chi connectivity index (χ1v) is 11.6. The molecular weight excluding hydrogens is 506 g/mol. The monoisotopic (exact) mass is 524 g/mol. The zero-order chi connectivity index (χ0) is 25.2. The van der Waals surface area contributed by atoms with Crippen LogP contribution in [0, 0.1) is 5.82 Å². The van der Waals surface area contributed by atoms with Crippen LogP contribution in [-0.2, 0) is 0 Å². The Morgan fingerprint density at radius 3 is 2.83 bits per heavy atom. The van der Waals surface area contributed by atoms with Crippen molar-refractivity contribution in [3.8, 4) is 11.3 Å². The minimum atomic E-state index is -0.636. The molecule has 1 atom stereocenters. The fraction of sp³-hybridized carbons (Fsp3) is 0.0800. The fourth-order valence-electron chi connectivity index (χ4n) is 3.76. The number of rotatable bonds is 7. The van der Waals surface area contributed by atoms with Crippen molar-refractivity contribution in [2.75, 3.05) is 11.9 Å². The van der Waals surface area contributed by atoms with Gasteiger partial charge in [-0.1, -0.05) is 23.2 Å². The third-order valence-electron chi connectivity index (χ3n) is 5.48. The molecule has 3 aromatic heterocycles. The van der Waals surface area contributed by atoms with Crippen LogP contribution >= 0.6 is 23.2 Å². The summed E-state index contributed by atoms with van der Waals surface area (Å²) in [5.41, 5.74) is 9.09. The number of nitrogens with zero attached hydrogens (tertiary/aromatic N) is 2. The van der Waals surface area contributed by atoms with Crippen molar-refractivity contribution < 1.29 is 13.6 Å². The van der Waals surface area contributed by atoms with Gasteiger partial charge < -0.3 is 25.8 Å². The van der Waals surface area contributed by atoms with E-state index in [0.717, 1.165) is 16.7 Å². The average molecular weight is 525 g/mol. The van der Waals surface area contributed by atoms with Crippen molar-refractivity contribution in [3.63, 3.8) is 0 Å². The lowest BCUT2D eigenvalue weighted by Gasteiger charge is -2.17. The summed E-state index contributed by atoms with van der Waals surface area (Å²) in [6, 6.07) is 12.5. The van der Waals surface area contributed by atoms with Crippen molar-refractivity contribution in [2.24, 2.45) is 5.73 Å². The van der Waals surface area contributed by atoms with E-state index in [0.29, 0.717) is 27.8 Å². The van der Waals surface area contributed by atoms with E-state index in [1.165, 1.54) is 18.3 Å². The molecule has 36 heavy (non-hydrogen) atoms. The molecule has 0 bridgehead atoms. The molecule has 0 aliphatic heterocycles. The summed E-state index contributed by atoms with van der Waals surface area (Å²) < 4.78 is 19.1. The summed E-state index contributed by atoms with van der Waals surface area (Å²) in [7, 11) is 0. The second kappa shape index (κ2) is 9.98. The highest BCUT2D eigenvalue weighted by molar-refractivity contribution is 6.33. The minimum Gasteiger partial charge on any atom is -0.464 e. The van der Waals surface area contributed by atoms with Gasteiger partial charge in [-0.25, -0.2) is 14.4 Å². The number of anilines is 2. The van der Waals surface area contributed by atoms with Crippen molar-refractivity contribution >= 4 is 51.7 Å². The first-order chi connectivity index (χ1) is 17.4. The Kier molecular flexibility index (Phi) is 6.60. The lowest BCUT2D eigenvalue weighted by molar-refractivity contribution is 0.0933. The number of carbonyl (C=O) groups excluding carboxylic acids is 1. The molecule has 0 radical (unpaired) electrons. The molecule has 0 saturated carbocycles. The van der Waals surface area contributed by atoms with Crippen LogP contribution in [0.1, 0.15) is 22.1 Å². The number of furan rings is 1. The normalized spacial score (nSPS) is 12.0. The lowest BCUT2D eigenvalue weighted by Crippen LogP contribution is -2.33. The number of carbonyl (C=O) groups is 1. The van der Waals surface area contributed by atoms with E-state index in [-0.39, 0.29) is 17.3 Å². The summed E-state index contributed by atoms with van der Waals surface area (Å²) in [6.45, 7) is 0.0520. The molecule has 5 rings (SSSR count). The Morgan fingerprint density at radius 1 is 1.17 bits per heavy atom. The van der Waals surface area contributed by atoms with Gasteiger partial charge in [-0.05, 0) is 54.1 Å². The highest BCUT2D eigenvalue weighted by Crippen LogP contribution is 2.29. The van der Waals surface area contributed by atoms with Crippen LogP contribution in [0.2, 0.25) is 10.0 Å². The second-order valence-corrected chi connectivity index (χ2v) is 8.80. The highest BCUT2D eigenvalue weighted by Gasteiger charge is 2.19. The van der Waals surface area contributed by atoms with E-state index >= 15 is 0 Å². The quantitative estimate of drug-likeness (QED) is 0.212. The Bertz CT molecular complexity index is 1550. The SMILES string of the molecule is NCC(NC(=O)c1cc(-c2nc(Nc3ccc4occc4c3)ncc2Cl)c[nH]1)c1cc(F)cc(Cl)c1. The number of nitrogens with one attached hydrogen (secondary N) is 3. The van der Waals surface area contributed by atoms with E-state index in [1.807, 2.05) is 24.3 Å². The first-order valence-electron chi connectivity index (χ1n) is 10.8. The smallest absolute Gasteiger partial charge is 0.268 e. The Labute approximate surface area is 214 Å². The molecule has 2 aromatic carbocycles. The van der Waals surface area contributed by atoms with Crippen LogP contribution < -0.4 is 16.4 Å². The molecule has 1 amide bonds. The average Bonchev–Trinajstić information content (AvgIpc) is 3.52. The van der Waals surface area contributed by atoms with Gasteiger partial charge in [0.25, 0.3) is 5.91 Å². The van der Waals surface area contributed by atoms with Gasteiger partial charge in [-0.2, -0.15) is 0 Å². The lowest BCUT2D eigenvalue weighted by atomic mass is 10.1. The summed E-state index contributed by atoms with van der Waals surface area (Å²) in [4.78, 5) is 24.5. The minimum absolute atomic E-state index is 0.0520. The van der Waals surface area contributed by atoms with Crippen LogP contribution in [0.15, 0.2) is 71.6 Å². The molecule has 5 N–H and O–H groups in total.